The second-order valence-electron chi connectivity index (χ2n) is 7.04. The molecule has 4 rings (SSSR count). The molecule has 3 aromatic rings. The monoisotopic (exact) mass is 418 g/mol. The van der Waals surface area contributed by atoms with Gasteiger partial charge in [-0.05, 0) is 54.0 Å². The van der Waals surface area contributed by atoms with Gasteiger partial charge in [0.15, 0.2) is 6.61 Å². The van der Waals surface area contributed by atoms with Crippen molar-refractivity contribution in [1.82, 2.24) is 10.3 Å². The number of rotatable bonds is 6. The topological polar surface area (TPSA) is 68.3 Å². The van der Waals surface area contributed by atoms with Crippen LogP contribution in [0.2, 0.25) is 0 Å². The maximum Gasteiger partial charge on any atom is 0.339 e. The van der Waals surface area contributed by atoms with Gasteiger partial charge in [-0.25, -0.2) is 9.78 Å². The lowest BCUT2D eigenvalue weighted by atomic mass is 9.86. The van der Waals surface area contributed by atoms with E-state index in [-0.39, 0.29) is 12.5 Å². The summed E-state index contributed by atoms with van der Waals surface area (Å²) in [5, 5.41) is 5.42. The molecule has 0 unspecified atom stereocenters. The van der Waals surface area contributed by atoms with Crippen LogP contribution in [0.25, 0.3) is 22.6 Å². The maximum atomic E-state index is 13.1. The van der Waals surface area contributed by atoms with Crippen LogP contribution in [0.15, 0.2) is 54.4 Å². The van der Waals surface area contributed by atoms with Gasteiger partial charge in [-0.15, -0.1) is 17.9 Å². The smallest absolute Gasteiger partial charge is 0.339 e. The number of hydrogen-bond donors (Lipinski definition) is 1. The lowest BCUT2D eigenvalue weighted by Gasteiger charge is -2.22. The van der Waals surface area contributed by atoms with E-state index in [1.54, 1.807) is 17.4 Å². The standard InChI is InChI=1S/C24H22N2O3S/c1-2-12-25-21(27)15-29-24(28)22-18-9-3-4-11-20(18)26-23-16(7-5-10-19(22)23)14-17-8-6-13-30-17/h2-4,6,8-9,11,13-14H,1,5,7,10,12,15H2,(H,25,27)/b16-14-. The van der Waals surface area contributed by atoms with Crippen LogP contribution in [0, 0.1) is 0 Å². The fourth-order valence-corrected chi connectivity index (χ4v) is 4.38. The summed E-state index contributed by atoms with van der Waals surface area (Å²) >= 11 is 1.68. The summed E-state index contributed by atoms with van der Waals surface area (Å²) in [7, 11) is 0. The van der Waals surface area contributed by atoms with E-state index in [0.717, 1.165) is 51.9 Å². The van der Waals surface area contributed by atoms with E-state index < -0.39 is 5.97 Å². The number of ether oxygens (including phenoxy) is 1. The van der Waals surface area contributed by atoms with Crippen molar-refractivity contribution in [2.45, 2.75) is 19.3 Å². The van der Waals surface area contributed by atoms with E-state index in [9.17, 15) is 9.59 Å². The van der Waals surface area contributed by atoms with Crippen molar-refractivity contribution >= 4 is 45.8 Å². The molecule has 6 heteroatoms. The van der Waals surface area contributed by atoms with Crippen LogP contribution < -0.4 is 5.32 Å². The molecule has 2 aromatic heterocycles. The van der Waals surface area contributed by atoms with E-state index in [4.69, 9.17) is 9.72 Å². The van der Waals surface area contributed by atoms with E-state index in [1.807, 2.05) is 35.7 Å². The highest BCUT2D eigenvalue weighted by Gasteiger charge is 2.26. The minimum Gasteiger partial charge on any atom is -0.452 e. The SMILES string of the molecule is C=CCNC(=O)COC(=O)c1c2c(nc3ccccc13)/C(=C\c1cccs1)CCC2. The summed E-state index contributed by atoms with van der Waals surface area (Å²) in [4.78, 5) is 31.0. The summed E-state index contributed by atoms with van der Waals surface area (Å²) in [5.74, 6) is -0.843. The number of carbonyl (C=O) groups excluding carboxylic acids is 2. The Kier molecular flexibility index (Phi) is 6.05. The number of thiophene rings is 1. The molecule has 1 aliphatic carbocycles. The fraction of sp³-hybridized carbons (Fsp3) is 0.208. The second kappa shape index (κ2) is 9.05. The number of benzene rings is 1. The highest BCUT2D eigenvalue weighted by molar-refractivity contribution is 7.10. The van der Waals surface area contributed by atoms with Crippen LogP contribution in [0.5, 0.6) is 0 Å². The van der Waals surface area contributed by atoms with Gasteiger partial charge < -0.3 is 10.1 Å². The molecule has 152 valence electrons. The summed E-state index contributed by atoms with van der Waals surface area (Å²) in [6, 6.07) is 11.7. The third-order valence-electron chi connectivity index (χ3n) is 5.01. The van der Waals surface area contributed by atoms with Gasteiger partial charge in [0.2, 0.25) is 0 Å². The van der Waals surface area contributed by atoms with Crippen molar-refractivity contribution in [2.75, 3.05) is 13.2 Å². The first-order valence-corrected chi connectivity index (χ1v) is 10.8. The van der Waals surface area contributed by atoms with Gasteiger partial charge in [0.05, 0.1) is 16.8 Å². The van der Waals surface area contributed by atoms with E-state index in [0.29, 0.717) is 12.1 Å². The first-order chi connectivity index (χ1) is 14.7. The summed E-state index contributed by atoms with van der Waals surface area (Å²) in [5.41, 5.74) is 4.15. The molecule has 0 saturated carbocycles. The van der Waals surface area contributed by atoms with Crippen molar-refractivity contribution in [1.29, 1.82) is 0 Å². The molecule has 0 bridgehead atoms. The van der Waals surface area contributed by atoms with Crippen molar-refractivity contribution in [3.63, 3.8) is 0 Å². The molecular weight excluding hydrogens is 396 g/mol. The van der Waals surface area contributed by atoms with Crippen LogP contribution >= 0.6 is 11.3 Å². The predicted molar refractivity (Wildman–Crippen MR) is 120 cm³/mol. The van der Waals surface area contributed by atoms with Gasteiger partial charge in [0, 0.05) is 16.8 Å². The maximum absolute atomic E-state index is 13.1. The van der Waals surface area contributed by atoms with Crippen LogP contribution in [0.3, 0.4) is 0 Å². The zero-order valence-corrected chi connectivity index (χ0v) is 17.3. The largest absolute Gasteiger partial charge is 0.452 e. The molecule has 1 amide bonds. The molecule has 0 saturated heterocycles. The number of allylic oxidation sites excluding steroid dienone is 1. The van der Waals surface area contributed by atoms with Gasteiger partial charge in [-0.3, -0.25) is 4.79 Å². The Balaban J connectivity index is 1.74. The number of fused-ring (bicyclic) bond motifs is 2. The minimum atomic E-state index is -0.490. The third-order valence-corrected chi connectivity index (χ3v) is 5.83. The normalized spacial score (nSPS) is 14.3. The molecule has 2 heterocycles. The Labute approximate surface area is 179 Å². The minimum absolute atomic E-state index is 0.323. The predicted octanol–water partition coefficient (Wildman–Crippen LogP) is 4.63. The first kappa shape index (κ1) is 20.0. The fourth-order valence-electron chi connectivity index (χ4n) is 3.69. The van der Waals surface area contributed by atoms with Crippen LogP contribution in [-0.2, 0) is 16.0 Å². The van der Waals surface area contributed by atoms with Gasteiger partial charge in [-0.2, -0.15) is 0 Å². The Morgan fingerprint density at radius 2 is 2.07 bits per heavy atom. The Hall–Kier alpha value is -3.25. The Morgan fingerprint density at radius 1 is 1.20 bits per heavy atom. The Morgan fingerprint density at radius 3 is 2.87 bits per heavy atom. The summed E-state index contributed by atoms with van der Waals surface area (Å²) in [6.45, 7) is 3.57. The molecule has 0 atom stereocenters. The first-order valence-electron chi connectivity index (χ1n) is 9.88. The van der Waals surface area contributed by atoms with Crippen LogP contribution in [0.4, 0.5) is 0 Å². The molecule has 0 spiro atoms. The highest BCUT2D eigenvalue weighted by Crippen LogP contribution is 2.36. The summed E-state index contributed by atoms with van der Waals surface area (Å²) < 4.78 is 5.37. The Bertz CT molecular complexity index is 1130. The molecule has 1 aromatic carbocycles. The molecule has 0 radical (unpaired) electrons. The van der Waals surface area contributed by atoms with Crippen LogP contribution in [0.1, 0.15) is 39.3 Å². The average Bonchev–Trinajstić information content (AvgIpc) is 3.28. The molecule has 0 aliphatic heterocycles. The van der Waals surface area contributed by atoms with Gasteiger partial charge in [0.25, 0.3) is 5.91 Å². The summed E-state index contributed by atoms with van der Waals surface area (Å²) in [6.07, 6.45) is 6.33. The molecule has 5 nitrogen and oxygen atoms in total. The second-order valence-corrected chi connectivity index (χ2v) is 8.02. The number of para-hydroxylation sites is 1. The van der Waals surface area contributed by atoms with E-state index in [1.165, 1.54) is 0 Å². The molecular formula is C24H22N2O3S. The lowest BCUT2D eigenvalue weighted by molar-refractivity contribution is -0.124. The molecule has 30 heavy (non-hydrogen) atoms. The number of esters is 1. The number of hydrogen-bond acceptors (Lipinski definition) is 5. The number of nitrogens with one attached hydrogen (secondary N) is 1. The van der Waals surface area contributed by atoms with Gasteiger partial charge >= 0.3 is 5.97 Å². The van der Waals surface area contributed by atoms with Crippen molar-refractivity contribution < 1.29 is 14.3 Å². The van der Waals surface area contributed by atoms with Crippen molar-refractivity contribution in [3.05, 3.63) is 76.1 Å². The van der Waals surface area contributed by atoms with Crippen molar-refractivity contribution in [3.8, 4) is 0 Å². The lowest BCUT2D eigenvalue weighted by Crippen LogP contribution is -2.29. The molecule has 1 aliphatic rings. The highest BCUT2D eigenvalue weighted by atomic mass is 32.1. The zero-order chi connectivity index (χ0) is 20.9. The number of aromatic nitrogens is 1. The molecule has 1 N–H and O–H groups in total. The van der Waals surface area contributed by atoms with Crippen LogP contribution in [-0.4, -0.2) is 30.0 Å². The van der Waals surface area contributed by atoms with Crippen molar-refractivity contribution in [2.24, 2.45) is 0 Å². The third kappa shape index (κ3) is 4.19. The number of pyridine rings is 1. The molecule has 0 fully saturated rings. The average molecular weight is 419 g/mol. The number of nitrogens with zero attached hydrogens (tertiary/aromatic N) is 1. The number of carbonyl (C=O) groups is 2. The quantitative estimate of drug-likeness (QED) is 0.468. The zero-order valence-electron chi connectivity index (χ0n) is 16.5. The number of amides is 1. The van der Waals surface area contributed by atoms with Gasteiger partial charge in [-0.1, -0.05) is 30.3 Å². The van der Waals surface area contributed by atoms with E-state index in [2.05, 4.69) is 24.0 Å². The van der Waals surface area contributed by atoms with Gasteiger partial charge in [0.1, 0.15) is 0 Å². The van der Waals surface area contributed by atoms with E-state index >= 15 is 0 Å².